The van der Waals surface area contributed by atoms with Crippen molar-refractivity contribution < 1.29 is 34.3 Å². The quantitative estimate of drug-likeness (QED) is 0.439. The van der Waals surface area contributed by atoms with Crippen LogP contribution in [0, 0.1) is 0 Å². The van der Waals surface area contributed by atoms with Crippen molar-refractivity contribution >= 4 is 5.97 Å². The third-order valence-electron chi connectivity index (χ3n) is 4.96. The monoisotopic (exact) mass is 444 g/mol. The summed E-state index contributed by atoms with van der Waals surface area (Å²) < 4.78 is 15.1. The van der Waals surface area contributed by atoms with Crippen LogP contribution in [-0.4, -0.2) is 59.9 Å². The van der Waals surface area contributed by atoms with Crippen LogP contribution in [0.3, 0.4) is 0 Å². The van der Waals surface area contributed by atoms with E-state index in [1.165, 1.54) is 6.92 Å². The lowest BCUT2D eigenvalue weighted by Gasteiger charge is -2.26. The van der Waals surface area contributed by atoms with Crippen LogP contribution < -0.4 is 0 Å². The maximum atomic E-state index is 9.60. The predicted octanol–water partition coefficient (Wildman–Crippen LogP) is 3.87. The summed E-state index contributed by atoms with van der Waals surface area (Å²) in [5, 5.41) is 26.5. The fourth-order valence-corrected chi connectivity index (χ4v) is 2.58. The zero-order valence-electron chi connectivity index (χ0n) is 18.8. The molecule has 2 aromatic rings. The van der Waals surface area contributed by atoms with Gasteiger partial charge in [-0.1, -0.05) is 44.7 Å². The zero-order chi connectivity index (χ0) is 23.7. The van der Waals surface area contributed by atoms with E-state index in [-0.39, 0.29) is 22.5 Å². The fourth-order valence-electron chi connectivity index (χ4n) is 2.58. The van der Waals surface area contributed by atoms with Gasteiger partial charge in [0.15, 0.2) is 0 Å². The molecule has 0 aliphatic carbocycles. The number of carboxylic acid groups (broad SMARTS) is 1. The Balaban J connectivity index is 0.000000201. The molecule has 2 saturated heterocycles. The van der Waals surface area contributed by atoms with E-state index >= 15 is 0 Å². The molecule has 0 amide bonds. The van der Waals surface area contributed by atoms with Crippen LogP contribution in [0.2, 0.25) is 0 Å². The average molecular weight is 445 g/mol. The number of carbonyl (C=O) groups is 1. The highest BCUT2D eigenvalue weighted by molar-refractivity contribution is 5.84. The van der Waals surface area contributed by atoms with Gasteiger partial charge in [-0.3, -0.25) is 0 Å². The Hall–Kier alpha value is -2.87. The maximum Gasteiger partial charge on any atom is 0.330 e. The van der Waals surface area contributed by atoms with Crippen molar-refractivity contribution in [3.05, 3.63) is 71.8 Å². The second-order valence-corrected chi connectivity index (χ2v) is 8.25. The Morgan fingerprint density at radius 1 is 0.938 bits per heavy atom. The zero-order valence-corrected chi connectivity index (χ0v) is 18.8. The number of aromatic hydroxyl groups is 2. The second-order valence-electron chi connectivity index (χ2n) is 8.25. The lowest BCUT2D eigenvalue weighted by Crippen LogP contribution is -2.18. The van der Waals surface area contributed by atoms with Crippen molar-refractivity contribution in [1.82, 2.24) is 0 Å². The number of ether oxygens (including phenoxy) is 3. The Kier molecular flexibility index (Phi) is 9.26. The molecule has 2 aliphatic heterocycles. The van der Waals surface area contributed by atoms with Gasteiger partial charge >= 0.3 is 5.97 Å². The van der Waals surface area contributed by atoms with Crippen molar-refractivity contribution in [1.29, 1.82) is 0 Å². The second kappa shape index (κ2) is 11.7. The Morgan fingerprint density at radius 2 is 1.25 bits per heavy atom. The summed E-state index contributed by atoms with van der Waals surface area (Å²) in [5.74, 6) is -0.388. The van der Waals surface area contributed by atoms with Gasteiger partial charge in [0.2, 0.25) is 0 Å². The largest absolute Gasteiger partial charge is 0.508 e. The number of hydrogen-bond acceptors (Lipinski definition) is 6. The van der Waals surface area contributed by atoms with Crippen LogP contribution in [0.25, 0.3) is 0 Å². The first-order chi connectivity index (χ1) is 15.1. The normalized spacial score (nSPS) is 18.3. The smallest absolute Gasteiger partial charge is 0.330 e. The number of benzene rings is 2. The van der Waals surface area contributed by atoms with Crippen LogP contribution in [0.5, 0.6) is 11.5 Å². The van der Waals surface area contributed by atoms with Crippen molar-refractivity contribution in [3.63, 3.8) is 0 Å². The summed E-state index contributed by atoms with van der Waals surface area (Å²) >= 11 is 0. The van der Waals surface area contributed by atoms with Gasteiger partial charge in [-0.2, -0.15) is 0 Å². The van der Waals surface area contributed by atoms with Crippen LogP contribution in [0.15, 0.2) is 60.7 Å². The lowest BCUT2D eigenvalue weighted by atomic mass is 9.78. The molecule has 2 fully saturated rings. The van der Waals surface area contributed by atoms with Gasteiger partial charge in [-0.25, -0.2) is 4.79 Å². The summed E-state index contributed by atoms with van der Waals surface area (Å²) in [6, 6.07) is 14.4. The molecular weight excluding hydrogens is 412 g/mol. The van der Waals surface area contributed by atoms with Gasteiger partial charge in [0, 0.05) is 11.0 Å². The third kappa shape index (κ3) is 9.09. The van der Waals surface area contributed by atoms with Crippen molar-refractivity contribution in [2.24, 2.45) is 0 Å². The first-order valence-electron chi connectivity index (χ1n) is 10.4. The molecule has 7 heteroatoms. The first kappa shape index (κ1) is 25.4. The number of rotatable bonds is 7. The molecule has 0 saturated carbocycles. The van der Waals surface area contributed by atoms with Crippen LogP contribution in [0.1, 0.15) is 31.9 Å². The van der Waals surface area contributed by atoms with E-state index in [1.54, 1.807) is 24.3 Å². The topological polar surface area (TPSA) is 112 Å². The number of hydrogen-bond donors (Lipinski definition) is 3. The molecule has 0 spiro atoms. The summed E-state index contributed by atoms with van der Waals surface area (Å²) in [4.78, 5) is 9.60. The summed E-state index contributed by atoms with van der Waals surface area (Å²) in [7, 11) is 0. The number of epoxide rings is 2. The molecular formula is C25H32O7. The molecule has 2 atom stereocenters. The number of phenolic OH excluding ortho intramolecular Hbond substituents is 2. The van der Waals surface area contributed by atoms with Gasteiger partial charge < -0.3 is 29.5 Å². The molecule has 174 valence electrons. The molecule has 2 aliphatic rings. The van der Waals surface area contributed by atoms with Crippen LogP contribution >= 0.6 is 0 Å². The highest BCUT2D eigenvalue weighted by atomic mass is 16.6. The number of carboxylic acids is 1. The van der Waals surface area contributed by atoms with Crippen LogP contribution in [-0.2, 0) is 24.4 Å². The average Bonchev–Trinajstić information content (AvgIpc) is 3.66. The molecule has 2 unspecified atom stereocenters. The minimum atomic E-state index is -0.935. The maximum absolute atomic E-state index is 9.60. The van der Waals surface area contributed by atoms with Crippen molar-refractivity contribution in [2.45, 2.75) is 38.4 Å². The summed E-state index contributed by atoms with van der Waals surface area (Å²) in [6.45, 7) is 12.1. The molecule has 3 N–H and O–H groups in total. The van der Waals surface area contributed by atoms with Gasteiger partial charge in [-0.05, 0) is 42.3 Å². The SMILES string of the molecule is C(OCC1CO1)C1CO1.C=C(C)C(=O)O.CC(C)(c1ccc(O)cc1)c1ccc(O)cc1. The highest BCUT2D eigenvalue weighted by Gasteiger charge is 2.26. The van der Waals surface area contributed by atoms with E-state index in [2.05, 4.69) is 20.4 Å². The summed E-state index contributed by atoms with van der Waals surface area (Å²) in [6.07, 6.45) is 0.785. The Bertz CT molecular complexity index is 793. The number of phenols is 2. The Morgan fingerprint density at radius 3 is 1.50 bits per heavy atom. The first-order valence-corrected chi connectivity index (χ1v) is 10.4. The van der Waals surface area contributed by atoms with Gasteiger partial charge in [-0.15, -0.1) is 0 Å². The molecule has 32 heavy (non-hydrogen) atoms. The van der Waals surface area contributed by atoms with Gasteiger partial charge in [0.1, 0.15) is 23.7 Å². The predicted molar refractivity (Wildman–Crippen MR) is 121 cm³/mol. The van der Waals surface area contributed by atoms with E-state index in [4.69, 9.17) is 19.3 Å². The summed E-state index contributed by atoms with van der Waals surface area (Å²) in [5.41, 5.74) is 2.28. The molecule has 0 aromatic heterocycles. The van der Waals surface area contributed by atoms with E-state index in [1.807, 2.05) is 24.3 Å². The minimum absolute atomic E-state index is 0.151. The van der Waals surface area contributed by atoms with Gasteiger partial charge in [0.05, 0.1) is 26.4 Å². The standard InChI is InChI=1S/C15H16O2.C6H10O3.C4H6O2/c1-15(2,11-3-7-13(16)8-4-11)12-5-9-14(17)10-6-12;1(5-3-8-5)7-2-6-4-9-6;1-3(2)4(5)6/h3-10,16-17H,1-2H3;5-6H,1-4H2;1H2,2H3,(H,5,6). The third-order valence-corrected chi connectivity index (χ3v) is 4.96. The van der Waals surface area contributed by atoms with E-state index in [0.29, 0.717) is 12.2 Å². The molecule has 2 aromatic carbocycles. The van der Waals surface area contributed by atoms with Crippen molar-refractivity contribution in [3.8, 4) is 11.5 Å². The lowest BCUT2D eigenvalue weighted by molar-refractivity contribution is -0.132. The van der Waals surface area contributed by atoms with Crippen molar-refractivity contribution in [2.75, 3.05) is 26.4 Å². The number of aliphatic carboxylic acids is 1. The molecule has 0 radical (unpaired) electrons. The fraction of sp³-hybridized carbons (Fsp3) is 0.400. The van der Waals surface area contributed by atoms with Gasteiger partial charge in [0.25, 0.3) is 0 Å². The molecule has 0 bridgehead atoms. The molecule has 4 rings (SSSR count). The molecule has 7 nitrogen and oxygen atoms in total. The van der Waals surface area contributed by atoms with Crippen LogP contribution in [0.4, 0.5) is 0 Å². The Labute approximate surface area is 188 Å². The van der Waals surface area contributed by atoms with E-state index in [0.717, 1.165) is 37.6 Å². The van der Waals surface area contributed by atoms with E-state index < -0.39 is 5.97 Å². The highest BCUT2D eigenvalue weighted by Crippen LogP contribution is 2.32. The molecule has 2 heterocycles. The minimum Gasteiger partial charge on any atom is -0.508 e. The van der Waals surface area contributed by atoms with E-state index in [9.17, 15) is 15.0 Å².